The number of ether oxygens (including phenoxy) is 1. The van der Waals surface area contributed by atoms with Crippen LogP contribution >= 0.6 is 11.6 Å². The number of hydrogen-bond acceptors (Lipinski definition) is 6. The standard InChI is InChI=1S/C30H37ClN2O5S/c1-20-5-4-7-28(34)26-12-9-23(26)17-33-14-3-2-6-21-15-25(31)11-8-24(21)18-38-29-13-10-22(16-27(29)33)30(35)32-39(36,37)19-20/h4,7-8,10-11,13,15-16,20,23,26,28,34H,2-3,5-6,9,12,14,17-19H2,1H3,(H,32,35)/b7-4-/t20-,23-,26+,28?/m0/s1. The molecule has 1 unspecified atom stereocenters. The van der Waals surface area contributed by atoms with Gasteiger partial charge in [0.25, 0.3) is 5.91 Å². The second-order valence-electron chi connectivity index (χ2n) is 11.3. The monoisotopic (exact) mass is 572 g/mol. The molecule has 1 amide bonds. The number of hydrogen-bond donors (Lipinski definition) is 2. The molecule has 2 bridgehead atoms. The molecule has 0 spiro atoms. The van der Waals surface area contributed by atoms with Crippen LogP contribution in [-0.4, -0.2) is 44.4 Å². The predicted molar refractivity (Wildman–Crippen MR) is 154 cm³/mol. The van der Waals surface area contributed by atoms with Crippen molar-refractivity contribution >= 4 is 33.2 Å². The Morgan fingerprint density at radius 1 is 1.10 bits per heavy atom. The van der Waals surface area contributed by atoms with Crippen LogP contribution in [0.5, 0.6) is 5.75 Å². The number of sulfonamides is 1. The van der Waals surface area contributed by atoms with Gasteiger partial charge in [-0.2, -0.15) is 0 Å². The number of aliphatic hydroxyl groups excluding tert-OH is 1. The summed E-state index contributed by atoms with van der Waals surface area (Å²) in [5, 5.41) is 11.6. The van der Waals surface area contributed by atoms with Crippen LogP contribution in [0.3, 0.4) is 0 Å². The molecule has 1 saturated carbocycles. The highest BCUT2D eigenvalue weighted by Crippen LogP contribution is 2.41. The minimum atomic E-state index is -3.83. The van der Waals surface area contributed by atoms with Crippen LogP contribution in [0.4, 0.5) is 5.69 Å². The summed E-state index contributed by atoms with van der Waals surface area (Å²) in [6.45, 7) is 3.67. The van der Waals surface area contributed by atoms with E-state index in [4.69, 9.17) is 16.3 Å². The number of allylic oxidation sites excluding steroid dienone is 1. The van der Waals surface area contributed by atoms with Crippen LogP contribution in [0.1, 0.15) is 60.5 Å². The summed E-state index contributed by atoms with van der Waals surface area (Å²) in [6.07, 6.45) is 8.40. The average molecular weight is 573 g/mol. The van der Waals surface area contributed by atoms with Gasteiger partial charge in [-0.05, 0) is 97.7 Å². The molecule has 39 heavy (non-hydrogen) atoms. The molecule has 7 nitrogen and oxygen atoms in total. The molecule has 4 atom stereocenters. The molecule has 210 valence electrons. The Labute approximate surface area is 236 Å². The first-order valence-electron chi connectivity index (χ1n) is 13.9. The molecule has 1 aliphatic carbocycles. The van der Waals surface area contributed by atoms with Gasteiger partial charge >= 0.3 is 0 Å². The quantitative estimate of drug-likeness (QED) is 0.426. The molecule has 5 rings (SSSR count). The second kappa shape index (κ2) is 11.9. The van der Waals surface area contributed by atoms with E-state index in [1.807, 2.05) is 37.3 Å². The Kier molecular flexibility index (Phi) is 8.55. The van der Waals surface area contributed by atoms with Gasteiger partial charge < -0.3 is 14.7 Å². The molecular weight excluding hydrogens is 536 g/mol. The minimum Gasteiger partial charge on any atom is -0.487 e. The lowest BCUT2D eigenvalue weighted by Crippen LogP contribution is -2.43. The number of carbonyl (C=O) groups excluding carboxylic acids is 1. The molecule has 2 heterocycles. The van der Waals surface area contributed by atoms with E-state index in [-0.39, 0.29) is 23.2 Å². The Morgan fingerprint density at radius 2 is 1.95 bits per heavy atom. The minimum absolute atomic E-state index is 0.147. The number of aryl methyl sites for hydroxylation is 1. The number of rotatable bonds is 0. The number of fused-ring (bicyclic) bond motifs is 3. The number of carbonyl (C=O) groups is 1. The first-order chi connectivity index (χ1) is 18.7. The summed E-state index contributed by atoms with van der Waals surface area (Å²) in [7, 11) is -3.83. The first kappa shape index (κ1) is 28.0. The molecule has 2 aromatic carbocycles. The summed E-state index contributed by atoms with van der Waals surface area (Å²) in [6, 6.07) is 11.0. The van der Waals surface area contributed by atoms with E-state index >= 15 is 0 Å². The average Bonchev–Trinajstić information content (AvgIpc) is 2.88. The molecule has 1 fully saturated rings. The third-order valence-corrected chi connectivity index (χ3v) is 9.97. The lowest BCUT2D eigenvalue weighted by Gasteiger charge is -2.42. The van der Waals surface area contributed by atoms with Crippen molar-refractivity contribution in [3.8, 4) is 5.75 Å². The zero-order valence-corrected chi connectivity index (χ0v) is 23.9. The van der Waals surface area contributed by atoms with Gasteiger partial charge in [0, 0.05) is 23.7 Å². The Hall–Kier alpha value is -2.55. The summed E-state index contributed by atoms with van der Waals surface area (Å²) in [4.78, 5) is 15.4. The van der Waals surface area contributed by atoms with Crippen molar-refractivity contribution in [2.24, 2.45) is 17.8 Å². The molecule has 9 heteroatoms. The van der Waals surface area contributed by atoms with Crippen LogP contribution in [0.2, 0.25) is 5.02 Å². The van der Waals surface area contributed by atoms with Crippen LogP contribution in [0.25, 0.3) is 0 Å². The van der Waals surface area contributed by atoms with Gasteiger partial charge in [-0.15, -0.1) is 0 Å². The number of nitrogens with zero attached hydrogens (tertiary/aromatic N) is 1. The van der Waals surface area contributed by atoms with Crippen LogP contribution < -0.4 is 14.4 Å². The summed E-state index contributed by atoms with van der Waals surface area (Å²) < 4.78 is 34.1. The van der Waals surface area contributed by atoms with Crippen LogP contribution in [0, 0.1) is 17.8 Å². The second-order valence-corrected chi connectivity index (χ2v) is 13.5. The maximum atomic E-state index is 13.1. The number of nitrogens with one attached hydrogen (secondary N) is 1. The van der Waals surface area contributed by atoms with Crippen molar-refractivity contribution < 1.29 is 23.1 Å². The van der Waals surface area contributed by atoms with E-state index in [0.29, 0.717) is 29.7 Å². The smallest absolute Gasteiger partial charge is 0.264 e. The topological polar surface area (TPSA) is 95.9 Å². The van der Waals surface area contributed by atoms with Crippen LogP contribution in [0.15, 0.2) is 48.6 Å². The van der Waals surface area contributed by atoms with Gasteiger partial charge in [0.1, 0.15) is 12.4 Å². The largest absolute Gasteiger partial charge is 0.487 e. The Morgan fingerprint density at radius 3 is 2.74 bits per heavy atom. The third kappa shape index (κ3) is 6.79. The van der Waals surface area contributed by atoms with Gasteiger partial charge in [0.05, 0.1) is 17.5 Å². The van der Waals surface area contributed by atoms with Gasteiger partial charge in [-0.1, -0.05) is 36.7 Å². The lowest BCUT2D eigenvalue weighted by molar-refractivity contribution is 0.0461. The van der Waals surface area contributed by atoms with Gasteiger partial charge in [-0.3, -0.25) is 4.79 Å². The van der Waals surface area contributed by atoms with E-state index in [1.165, 1.54) is 5.56 Å². The lowest BCUT2D eigenvalue weighted by atomic mass is 9.70. The summed E-state index contributed by atoms with van der Waals surface area (Å²) >= 11 is 6.28. The Balaban J connectivity index is 1.52. The van der Waals surface area contributed by atoms with Gasteiger partial charge in [-0.25, -0.2) is 13.1 Å². The van der Waals surface area contributed by atoms with Crippen molar-refractivity contribution in [3.63, 3.8) is 0 Å². The molecule has 3 aliphatic rings. The van der Waals surface area contributed by atoms with Crippen molar-refractivity contribution in [1.82, 2.24) is 4.72 Å². The van der Waals surface area contributed by atoms with E-state index in [2.05, 4.69) is 9.62 Å². The summed E-state index contributed by atoms with van der Waals surface area (Å²) in [5.74, 6) is 0.0879. The van der Waals surface area contributed by atoms with Gasteiger partial charge in [0.2, 0.25) is 10.0 Å². The van der Waals surface area contributed by atoms with E-state index in [0.717, 1.165) is 56.4 Å². The number of halogens is 1. The van der Waals surface area contributed by atoms with E-state index in [9.17, 15) is 18.3 Å². The number of anilines is 1. The SMILES string of the molecule is C[C@H]1C/C=C\C(O)[C@@H]2CC[C@H]2CN2CCCCc3cc(Cl)ccc3COc3ccc(cc32)C(=O)NS(=O)(=O)C1. The maximum Gasteiger partial charge on any atom is 0.264 e. The highest BCUT2D eigenvalue weighted by Gasteiger charge is 2.37. The third-order valence-electron chi connectivity index (χ3n) is 8.23. The van der Waals surface area contributed by atoms with Crippen molar-refractivity contribution in [3.05, 3.63) is 70.3 Å². The van der Waals surface area contributed by atoms with Crippen molar-refractivity contribution in [2.45, 2.75) is 58.2 Å². The van der Waals surface area contributed by atoms with Crippen LogP contribution in [-0.2, 0) is 23.1 Å². The van der Waals surface area contributed by atoms with E-state index < -0.39 is 22.0 Å². The molecule has 2 aliphatic heterocycles. The fraction of sp³-hybridized carbons (Fsp3) is 0.500. The Bertz CT molecular complexity index is 1340. The molecule has 0 aromatic heterocycles. The molecule has 2 aromatic rings. The number of amides is 1. The fourth-order valence-electron chi connectivity index (χ4n) is 5.91. The predicted octanol–water partition coefficient (Wildman–Crippen LogP) is 5.10. The molecule has 0 saturated heterocycles. The van der Waals surface area contributed by atoms with Crippen molar-refractivity contribution in [2.75, 3.05) is 23.7 Å². The number of benzene rings is 2. The van der Waals surface area contributed by atoms with Crippen molar-refractivity contribution in [1.29, 1.82) is 0 Å². The first-order valence-corrected chi connectivity index (χ1v) is 15.9. The highest BCUT2D eigenvalue weighted by atomic mass is 35.5. The molecular formula is C30H37ClN2O5S. The maximum absolute atomic E-state index is 13.1. The normalized spacial score (nSPS) is 28.4. The zero-order valence-electron chi connectivity index (χ0n) is 22.3. The summed E-state index contributed by atoms with van der Waals surface area (Å²) in [5.41, 5.74) is 3.29. The molecule has 2 N–H and O–H groups in total. The zero-order chi connectivity index (χ0) is 27.6. The fourth-order valence-corrected chi connectivity index (χ4v) is 7.47. The van der Waals surface area contributed by atoms with E-state index in [1.54, 1.807) is 18.2 Å². The van der Waals surface area contributed by atoms with Gasteiger partial charge in [0.15, 0.2) is 0 Å². The number of aliphatic hydroxyl groups is 1. The highest BCUT2D eigenvalue weighted by molar-refractivity contribution is 7.90. The molecule has 0 radical (unpaired) electrons.